The molecule has 186 valence electrons. The number of hydrogen-bond donors (Lipinski definition) is 3. The Bertz CT molecular complexity index is 1340. The van der Waals surface area contributed by atoms with E-state index >= 15 is 4.39 Å². The first kappa shape index (κ1) is 25.8. The fourth-order valence-corrected chi connectivity index (χ4v) is 4.84. The molecule has 2 heterocycles. The second kappa shape index (κ2) is 10.2. The highest BCUT2D eigenvalue weighted by Crippen LogP contribution is 2.23. The number of benzene rings is 1. The summed E-state index contributed by atoms with van der Waals surface area (Å²) in [5, 5.41) is 4.39. The van der Waals surface area contributed by atoms with Crippen LogP contribution < -0.4 is 15.4 Å². The summed E-state index contributed by atoms with van der Waals surface area (Å²) in [6.07, 6.45) is 6.05. The van der Waals surface area contributed by atoms with Crippen molar-refractivity contribution in [2.75, 3.05) is 25.0 Å². The van der Waals surface area contributed by atoms with Crippen LogP contribution >= 0.6 is 0 Å². The zero-order chi connectivity index (χ0) is 25.9. The first-order chi connectivity index (χ1) is 16.4. The number of amides is 3. The van der Waals surface area contributed by atoms with E-state index in [2.05, 4.69) is 21.3 Å². The summed E-state index contributed by atoms with van der Waals surface area (Å²) < 4.78 is 70.3. The average Bonchev–Trinajstić information content (AvgIpc) is 3.37. The number of carbonyl (C=O) groups is 3. The van der Waals surface area contributed by atoms with Gasteiger partial charge in [0.25, 0.3) is 5.91 Å². The molecule has 1 aromatic heterocycles. The number of likely N-dealkylation sites (tertiary alicyclic amines) is 1. The van der Waals surface area contributed by atoms with Crippen molar-refractivity contribution in [3.05, 3.63) is 47.5 Å². The zero-order valence-electron chi connectivity index (χ0n) is 18.3. The van der Waals surface area contributed by atoms with Gasteiger partial charge in [0.1, 0.15) is 10.6 Å². The molecule has 0 spiro atoms. The van der Waals surface area contributed by atoms with Crippen LogP contribution in [0.3, 0.4) is 0 Å². The third-order valence-electron chi connectivity index (χ3n) is 5.11. The summed E-state index contributed by atoms with van der Waals surface area (Å²) >= 11 is 0. The molecule has 35 heavy (non-hydrogen) atoms. The van der Waals surface area contributed by atoms with Gasteiger partial charge >= 0.3 is 11.8 Å². The maximum atomic E-state index is 15.0. The third-order valence-corrected chi connectivity index (χ3v) is 6.62. The molecular formula is C21H20F3N5O5S. The number of sulfonamides is 1. The van der Waals surface area contributed by atoms with Gasteiger partial charge in [0.15, 0.2) is 17.5 Å². The molecule has 1 fully saturated rings. The fraction of sp³-hybridized carbons (Fsp3) is 0.286. The number of aromatic nitrogens is 1. The van der Waals surface area contributed by atoms with Crippen molar-refractivity contribution in [1.82, 2.24) is 19.5 Å². The maximum absolute atomic E-state index is 15.0. The highest BCUT2D eigenvalue weighted by Gasteiger charge is 2.35. The molecule has 1 atom stereocenters. The highest BCUT2D eigenvalue weighted by atomic mass is 32.2. The summed E-state index contributed by atoms with van der Waals surface area (Å²) in [6.45, 7) is -0.206. The molecule has 1 saturated heterocycles. The molecule has 1 aromatic carbocycles. The standard InChI is InChI=1S/C21H20F3N5O5S/c1-3-7-25-20(31)21(32)29-8-6-13(10-29)27-35(33,34)16-11-28(2)18(17(16)24)19(30)26-12-4-5-14(22)15(23)9-12/h1,4-5,9,11,13,27H,6-8,10H2,2H3,(H,25,31)(H,26,30)/t13-/m1/s1. The molecule has 0 aliphatic carbocycles. The van der Waals surface area contributed by atoms with Crippen LogP contribution in [-0.4, -0.2) is 61.3 Å². The van der Waals surface area contributed by atoms with Crippen molar-refractivity contribution in [3.63, 3.8) is 0 Å². The molecular weight excluding hydrogens is 491 g/mol. The van der Waals surface area contributed by atoms with Gasteiger partial charge in [0.05, 0.1) is 6.54 Å². The van der Waals surface area contributed by atoms with Crippen LogP contribution in [0.2, 0.25) is 0 Å². The van der Waals surface area contributed by atoms with Gasteiger partial charge in [-0.1, -0.05) is 5.92 Å². The minimum absolute atomic E-state index is 0.0780. The smallest absolute Gasteiger partial charge is 0.311 e. The van der Waals surface area contributed by atoms with Crippen LogP contribution in [0.15, 0.2) is 29.3 Å². The van der Waals surface area contributed by atoms with E-state index in [0.717, 1.165) is 27.8 Å². The van der Waals surface area contributed by atoms with Crippen molar-refractivity contribution in [2.45, 2.75) is 17.4 Å². The number of rotatable bonds is 6. The highest BCUT2D eigenvalue weighted by molar-refractivity contribution is 7.89. The average molecular weight is 511 g/mol. The number of nitrogens with zero attached hydrogens (tertiary/aromatic N) is 2. The summed E-state index contributed by atoms with van der Waals surface area (Å²) in [4.78, 5) is 36.7. The van der Waals surface area contributed by atoms with Crippen LogP contribution in [0.25, 0.3) is 0 Å². The number of halogens is 3. The van der Waals surface area contributed by atoms with Gasteiger partial charge in [0, 0.05) is 44.1 Å². The lowest BCUT2D eigenvalue weighted by molar-refractivity contribution is -0.145. The van der Waals surface area contributed by atoms with E-state index in [1.54, 1.807) is 0 Å². The molecule has 10 nitrogen and oxygen atoms in total. The lowest BCUT2D eigenvalue weighted by Gasteiger charge is -2.16. The Kier molecular flexibility index (Phi) is 7.51. The summed E-state index contributed by atoms with van der Waals surface area (Å²) in [7, 11) is -3.25. The van der Waals surface area contributed by atoms with E-state index in [9.17, 15) is 31.6 Å². The molecule has 3 rings (SSSR count). The molecule has 14 heteroatoms. The largest absolute Gasteiger partial charge is 0.343 e. The Morgan fingerprint density at radius 1 is 1.20 bits per heavy atom. The predicted molar refractivity (Wildman–Crippen MR) is 117 cm³/mol. The van der Waals surface area contributed by atoms with Gasteiger partial charge in [0.2, 0.25) is 10.0 Å². The normalized spacial score (nSPS) is 15.5. The summed E-state index contributed by atoms with van der Waals surface area (Å²) in [5.74, 6) is -4.50. The first-order valence-corrected chi connectivity index (χ1v) is 11.6. The van der Waals surface area contributed by atoms with E-state index in [1.807, 2.05) is 0 Å². The van der Waals surface area contributed by atoms with Crippen LogP contribution in [-0.2, 0) is 26.7 Å². The minimum atomic E-state index is -4.48. The van der Waals surface area contributed by atoms with Crippen molar-refractivity contribution < 1.29 is 36.0 Å². The van der Waals surface area contributed by atoms with Crippen LogP contribution in [0.4, 0.5) is 18.9 Å². The van der Waals surface area contributed by atoms with Gasteiger partial charge in [-0.25, -0.2) is 26.3 Å². The van der Waals surface area contributed by atoms with E-state index in [1.165, 1.54) is 7.05 Å². The molecule has 2 aromatic rings. The third kappa shape index (κ3) is 5.64. The van der Waals surface area contributed by atoms with Gasteiger partial charge in [-0.05, 0) is 18.6 Å². The van der Waals surface area contributed by atoms with Crippen molar-refractivity contribution in [1.29, 1.82) is 0 Å². The minimum Gasteiger partial charge on any atom is -0.343 e. The van der Waals surface area contributed by atoms with Gasteiger partial charge < -0.3 is 20.1 Å². The second-order valence-corrected chi connectivity index (χ2v) is 9.28. The molecule has 0 radical (unpaired) electrons. The first-order valence-electron chi connectivity index (χ1n) is 10.1. The van der Waals surface area contributed by atoms with E-state index in [4.69, 9.17) is 6.42 Å². The second-order valence-electron chi connectivity index (χ2n) is 7.59. The number of nitrogens with one attached hydrogen (secondary N) is 3. The Morgan fingerprint density at radius 3 is 2.57 bits per heavy atom. The molecule has 1 aliphatic heterocycles. The predicted octanol–water partition coefficient (Wildman–Crippen LogP) is 0.323. The van der Waals surface area contributed by atoms with Gasteiger partial charge in [-0.15, -0.1) is 6.42 Å². The van der Waals surface area contributed by atoms with Crippen LogP contribution in [0.1, 0.15) is 16.9 Å². The van der Waals surface area contributed by atoms with Gasteiger partial charge in [-0.3, -0.25) is 14.4 Å². The number of hydrogen-bond acceptors (Lipinski definition) is 5. The SMILES string of the molecule is C#CCNC(=O)C(=O)N1CC[C@@H](NS(=O)(=O)c2cn(C)c(C(=O)Nc3ccc(F)c(F)c3)c2F)C1. The van der Waals surface area contributed by atoms with Crippen molar-refractivity contribution >= 4 is 33.4 Å². The van der Waals surface area contributed by atoms with Crippen LogP contribution in [0.5, 0.6) is 0 Å². The maximum Gasteiger partial charge on any atom is 0.311 e. The molecule has 0 unspecified atom stereocenters. The van der Waals surface area contributed by atoms with Crippen LogP contribution in [0, 0.1) is 29.8 Å². The van der Waals surface area contributed by atoms with E-state index < -0.39 is 61.8 Å². The molecule has 0 saturated carbocycles. The van der Waals surface area contributed by atoms with E-state index in [0.29, 0.717) is 6.07 Å². The Hall–Kier alpha value is -3.83. The molecule has 3 N–H and O–H groups in total. The molecule has 1 aliphatic rings. The van der Waals surface area contributed by atoms with Crippen molar-refractivity contribution in [3.8, 4) is 12.3 Å². The monoisotopic (exact) mass is 511 g/mol. The molecule has 0 bridgehead atoms. The summed E-state index contributed by atoms with van der Waals surface area (Å²) in [6, 6.07) is 1.69. The summed E-state index contributed by atoms with van der Waals surface area (Å²) in [5.41, 5.74) is -0.831. The Morgan fingerprint density at radius 2 is 1.91 bits per heavy atom. The number of anilines is 1. The topological polar surface area (TPSA) is 130 Å². The number of terminal acetylenes is 1. The fourth-order valence-electron chi connectivity index (χ4n) is 3.45. The van der Waals surface area contributed by atoms with E-state index in [-0.39, 0.29) is 31.7 Å². The lowest BCUT2D eigenvalue weighted by Crippen LogP contribution is -2.44. The quantitative estimate of drug-likeness (QED) is 0.380. The Balaban J connectivity index is 1.72. The lowest BCUT2D eigenvalue weighted by atomic mass is 10.3. The molecule has 3 amide bonds. The number of carbonyl (C=O) groups excluding carboxylic acids is 3. The van der Waals surface area contributed by atoms with Crippen molar-refractivity contribution in [2.24, 2.45) is 7.05 Å². The Labute approximate surface area is 198 Å². The van der Waals surface area contributed by atoms with Gasteiger partial charge in [-0.2, -0.15) is 0 Å². The number of aryl methyl sites for hydroxylation is 1. The zero-order valence-corrected chi connectivity index (χ0v) is 19.1.